The van der Waals surface area contributed by atoms with Crippen molar-refractivity contribution in [1.29, 1.82) is 0 Å². The smallest absolute Gasteiger partial charge is 0.0845 e. The van der Waals surface area contributed by atoms with E-state index in [1.54, 1.807) is 0 Å². The van der Waals surface area contributed by atoms with Crippen LogP contribution in [0.3, 0.4) is 0 Å². The van der Waals surface area contributed by atoms with Crippen molar-refractivity contribution in [3.63, 3.8) is 0 Å². The highest BCUT2D eigenvalue weighted by molar-refractivity contribution is 7.74. The van der Waals surface area contributed by atoms with E-state index in [9.17, 15) is 8.76 Å². The second-order valence-electron chi connectivity index (χ2n) is 0.777. The average Bonchev–Trinajstić information content (AvgIpc) is 1.88. The van der Waals surface area contributed by atoms with Crippen molar-refractivity contribution in [2.45, 2.75) is 13.8 Å². The predicted octanol–water partition coefficient (Wildman–Crippen LogP) is 1.01. The first-order chi connectivity index (χ1) is 4.27. The van der Waals surface area contributed by atoms with Gasteiger partial charge in [0.1, 0.15) is 0 Å². The summed E-state index contributed by atoms with van der Waals surface area (Å²) in [5, 5.41) is 0. The molecule has 1 unspecified atom stereocenters. The van der Waals surface area contributed by atoms with Crippen LogP contribution < -0.4 is 0 Å². The fraction of sp³-hybridized carbons (Fsp3) is 0.600. The first kappa shape index (κ1) is 11.6. The fourth-order valence-corrected chi connectivity index (χ4v) is 0.311. The van der Waals surface area contributed by atoms with E-state index in [0.717, 1.165) is 0 Å². The summed E-state index contributed by atoms with van der Waals surface area (Å²) in [5.41, 5.74) is 0. The molecule has 0 aliphatic heterocycles. The Bertz CT molecular complexity index is 82.3. The maximum absolute atomic E-state index is 9.49. The van der Waals surface area contributed by atoms with Crippen LogP contribution in [0.15, 0.2) is 12.7 Å². The molecular formula is C5H11O3S-. The summed E-state index contributed by atoms with van der Waals surface area (Å²) in [6.07, 6.45) is 1.36. The van der Waals surface area contributed by atoms with E-state index in [0.29, 0.717) is 0 Å². The molecule has 0 spiro atoms. The van der Waals surface area contributed by atoms with Gasteiger partial charge in [-0.1, -0.05) is 19.9 Å². The largest absolute Gasteiger partial charge is 0.750 e. The molecule has 0 aromatic heterocycles. The third-order valence-corrected chi connectivity index (χ3v) is 0.611. The van der Waals surface area contributed by atoms with Crippen molar-refractivity contribution in [1.82, 2.24) is 0 Å². The van der Waals surface area contributed by atoms with Crippen LogP contribution in [0.1, 0.15) is 13.8 Å². The van der Waals surface area contributed by atoms with E-state index in [1.165, 1.54) is 6.08 Å². The second kappa shape index (κ2) is 10.7. The van der Waals surface area contributed by atoms with E-state index in [-0.39, 0.29) is 6.61 Å². The van der Waals surface area contributed by atoms with Gasteiger partial charge in [-0.3, -0.25) is 4.18 Å². The van der Waals surface area contributed by atoms with Crippen molar-refractivity contribution in [3.05, 3.63) is 12.7 Å². The average molecular weight is 151 g/mol. The van der Waals surface area contributed by atoms with Gasteiger partial charge in [-0.05, 0) is 0 Å². The lowest BCUT2D eigenvalue weighted by Gasteiger charge is -1.99. The lowest BCUT2D eigenvalue weighted by molar-refractivity contribution is 0.334. The van der Waals surface area contributed by atoms with Gasteiger partial charge in [-0.15, -0.1) is 6.58 Å². The van der Waals surface area contributed by atoms with Crippen LogP contribution in [0.4, 0.5) is 0 Å². The molecule has 0 heterocycles. The Morgan fingerprint density at radius 1 is 1.78 bits per heavy atom. The van der Waals surface area contributed by atoms with Gasteiger partial charge >= 0.3 is 0 Å². The Morgan fingerprint density at radius 3 is 2.33 bits per heavy atom. The summed E-state index contributed by atoms with van der Waals surface area (Å²) in [6, 6.07) is 0. The molecular weight excluding hydrogens is 140 g/mol. The SMILES string of the molecule is C=CCOS(=O)[O-].CC. The van der Waals surface area contributed by atoms with Crippen LogP contribution in [0.2, 0.25) is 0 Å². The summed E-state index contributed by atoms with van der Waals surface area (Å²) in [5.74, 6) is 0. The van der Waals surface area contributed by atoms with Gasteiger partial charge < -0.3 is 4.55 Å². The van der Waals surface area contributed by atoms with E-state index >= 15 is 0 Å². The molecule has 9 heavy (non-hydrogen) atoms. The number of hydrogen-bond acceptors (Lipinski definition) is 3. The van der Waals surface area contributed by atoms with E-state index in [4.69, 9.17) is 0 Å². The highest BCUT2D eigenvalue weighted by Gasteiger charge is 1.73. The van der Waals surface area contributed by atoms with Gasteiger partial charge in [0.2, 0.25) is 0 Å². The quantitative estimate of drug-likeness (QED) is 0.446. The molecule has 0 bridgehead atoms. The summed E-state index contributed by atoms with van der Waals surface area (Å²) < 4.78 is 23.0. The predicted molar refractivity (Wildman–Crippen MR) is 36.4 cm³/mol. The zero-order valence-corrected chi connectivity index (χ0v) is 6.44. The van der Waals surface area contributed by atoms with Crippen molar-refractivity contribution >= 4 is 11.4 Å². The van der Waals surface area contributed by atoms with Crippen molar-refractivity contribution in [3.8, 4) is 0 Å². The lowest BCUT2D eigenvalue weighted by Crippen LogP contribution is -1.93. The standard InChI is InChI=1S/C3H6O3S.C2H6/c1-2-3-6-7(4)5;1-2/h2H,1,3H2,(H,4,5);1-2H3/p-1. The minimum Gasteiger partial charge on any atom is -0.750 e. The van der Waals surface area contributed by atoms with Crippen molar-refractivity contribution in [2.24, 2.45) is 0 Å². The zero-order chi connectivity index (χ0) is 7.70. The highest BCUT2D eigenvalue weighted by atomic mass is 32.2. The maximum Gasteiger partial charge on any atom is 0.0845 e. The van der Waals surface area contributed by atoms with Gasteiger partial charge in [-0.25, -0.2) is 4.21 Å². The monoisotopic (exact) mass is 151 g/mol. The summed E-state index contributed by atoms with van der Waals surface area (Å²) in [7, 11) is 0. The molecule has 0 aromatic rings. The molecule has 1 atom stereocenters. The maximum atomic E-state index is 9.49. The zero-order valence-electron chi connectivity index (χ0n) is 5.62. The third kappa shape index (κ3) is 18.2. The highest BCUT2D eigenvalue weighted by Crippen LogP contribution is 1.75. The van der Waals surface area contributed by atoms with Crippen molar-refractivity contribution < 1.29 is 12.9 Å². The molecule has 0 aliphatic rings. The summed E-state index contributed by atoms with van der Waals surface area (Å²) >= 11 is -2.39. The van der Waals surface area contributed by atoms with Gasteiger partial charge in [0.15, 0.2) is 0 Å². The summed E-state index contributed by atoms with van der Waals surface area (Å²) in [6.45, 7) is 7.29. The Morgan fingerprint density at radius 2 is 2.22 bits per heavy atom. The topological polar surface area (TPSA) is 49.4 Å². The first-order valence-corrected chi connectivity index (χ1v) is 3.61. The number of rotatable bonds is 3. The Kier molecular flexibility index (Phi) is 13.8. The lowest BCUT2D eigenvalue weighted by atomic mass is 10.7. The molecule has 0 radical (unpaired) electrons. The molecule has 0 saturated carbocycles. The molecule has 0 N–H and O–H groups in total. The van der Waals surface area contributed by atoms with Crippen molar-refractivity contribution in [2.75, 3.05) is 6.61 Å². The van der Waals surface area contributed by atoms with Gasteiger partial charge in [0.05, 0.1) is 18.0 Å². The normalized spacial score (nSPS) is 11.0. The van der Waals surface area contributed by atoms with E-state index in [1.807, 2.05) is 13.8 Å². The molecule has 0 fully saturated rings. The minimum atomic E-state index is -2.39. The van der Waals surface area contributed by atoms with Gasteiger partial charge in [-0.2, -0.15) is 0 Å². The van der Waals surface area contributed by atoms with Crippen LogP contribution in [-0.2, 0) is 15.5 Å². The van der Waals surface area contributed by atoms with E-state index < -0.39 is 11.4 Å². The minimum absolute atomic E-state index is 0.0517. The number of hydrogen-bond donors (Lipinski definition) is 0. The third-order valence-electron chi connectivity index (χ3n) is 0.282. The van der Waals surface area contributed by atoms with Crippen LogP contribution in [0.5, 0.6) is 0 Å². The Balaban J connectivity index is 0. The molecule has 4 heteroatoms. The molecule has 0 aliphatic carbocycles. The first-order valence-electron chi connectivity index (χ1n) is 2.61. The molecule has 3 nitrogen and oxygen atoms in total. The van der Waals surface area contributed by atoms with Gasteiger partial charge in [0, 0.05) is 0 Å². The van der Waals surface area contributed by atoms with Crippen LogP contribution in [0.25, 0.3) is 0 Å². The van der Waals surface area contributed by atoms with Crippen LogP contribution in [-0.4, -0.2) is 15.4 Å². The second-order valence-corrected chi connectivity index (χ2v) is 1.42. The molecule has 0 saturated heterocycles. The molecule has 0 aromatic carbocycles. The fourth-order valence-electron chi connectivity index (χ4n) is 0.104. The van der Waals surface area contributed by atoms with Crippen LogP contribution >= 0.6 is 0 Å². The molecule has 0 amide bonds. The Hall–Kier alpha value is -0.190. The molecule has 0 rings (SSSR count). The summed E-state index contributed by atoms with van der Waals surface area (Å²) in [4.78, 5) is 0. The molecule has 56 valence electrons. The van der Waals surface area contributed by atoms with Gasteiger partial charge in [0.25, 0.3) is 0 Å². The Labute approximate surface area is 58.2 Å². The van der Waals surface area contributed by atoms with E-state index in [2.05, 4.69) is 10.8 Å². The van der Waals surface area contributed by atoms with Crippen LogP contribution in [0, 0.1) is 0 Å².